The van der Waals surface area contributed by atoms with Crippen molar-refractivity contribution in [1.29, 1.82) is 0 Å². The Kier molecular flexibility index (Phi) is 8.05. The van der Waals surface area contributed by atoms with Gasteiger partial charge in [0.25, 0.3) is 0 Å². The predicted molar refractivity (Wildman–Crippen MR) is 102 cm³/mol. The Morgan fingerprint density at radius 2 is 2.04 bits per heavy atom. The molecule has 0 aromatic heterocycles. The first-order valence-electron chi connectivity index (χ1n) is 8.90. The molecule has 3 atom stereocenters. The smallest absolute Gasteiger partial charge is 0.409 e. The van der Waals surface area contributed by atoms with Gasteiger partial charge >= 0.3 is 12.1 Å². The molecule has 1 aromatic carbocycles. The second-order valence-electron chi connectivity index (χ2n) is 6.54. The Balaban J connectivity index is 1.99. The number of carbonyl (C=O) groups is 2. The summed E-state index contributed by atoms with van der Waals surface area (Å²) in [7, 11) is 2.86. The number of aliphatic hydroxyl groups is 1. The number of aliphatic hydroxyl groups excluding tert-OH is 1. The van der Waals surface area contributed by atoms with Gasteiger partial charge < -0.3 is 24.2 Å². The minimum absolute atomic E-state index is 0.00560. The summed E-state index contributed by atoms with van der Waals surface area (Å²) in [6.07, 6.45) is 4.79. The summed E-state index contributed by atoms with van der Waals surface area (Å²) < 4.78 is 15.5. The van der Waals surface area contributed by atoms with Gasteiger partial charge in [0.15, 0.2) is 0 Å². The third-order valence-corrected chi connectivity index (χ3v) is 4.50. The van der Waals surface area contributed by atoms with Crippen LogP contribution in [0.25, 0.3) is 0 Å². The lowest BCUT2D eigenvalue weighted by atomic mass is 9.84. The minimum atomic E-state index is -0.925. The van der Waals surface area contributed by atoms with Crippen molar-refractivity contribution < 1.29 is 28.9 Å². The van der Waals surface area contributed by atoms with E-state index in [9.17, 15) is 14.7 Å². The molecular formula is C21H25NO6. The van der Waals surface area contributed by atoms with Crippen molar-refractivity contribution in [3.05, 3.63) is 47.5 Å². The number of rotatable bonds is 7. The van der Waals surface area contributed by atoms with Crippen LogP contribution in [0.4, 0.5) is 4.79 Å². The van der Waals surface area contributed by atoms with Crippen LogP contribution in [0.3, 0.4) is 0 Å². The summed E-state index contributed by atoms with van der Waals surface area (Å²) in [6, 6.07) is 9.33. The molecule has 0 radical (unpaired) electrons. The molecule has 1 aliphatic rings. The number of benzene rings is 1. The maximum absolute atomic E-state index is 12.3. The highest BCUT2D eigenvalue weighted by Gasteiger charge is 2.36. The largest absolute Gasteiger partial charge is 0.466 e. The Morgan fingerprint density at radius 1 is 1.32 bits per heavy atom. The number of terminal acetylenes is 1. The van der Waals surface area contributed by atoms with Crippen LogP contribution in [-0.4, -0.2) is 61.6 Å². The summed E-state index contributed by atoms with van der Waals surface area (Å²) in [5.74, 6) is 1.40. The van der Waals surface area contributed by atoms with Crippen molar-refractivity contribution in [2.24, 2.45) is 5.92 Å². The fourth-order valence-electron chi connectivity index (χ4n) is 3.04. The fourth-order valence-corrected chi connectivity index (χ4v) is 3.04. The molecule has 0 unspecified atom stereocenters. The lowest BCUT2D eigenvalue weighted by Crippen LogP contribution is -2.45. The molecule has 0 spiro atoms. The van der Waals surface area contributed by atoms with Gasteiger partial charge in [-0.15, -0.1) is 6.42 Å². The standard InChI is InChI=1S/C21H25NO6/c1-4-10-27-18-12-16(20(24)26-3)11-17(19(18)23)13-22(2)21(25)28-14-15-8-6-5-7-9-15/h1,5-9,12,17-19,23H,10-11,13-14H2,2-3H3/t17-,18-,19+/m0/s1. The van der Waals surface area contributed by atoms with E-state index in [4.69, 9.17) is 20.6 Å². The molecule has 28 heavy (non-hydrogen) atoms. The maximum atomic E-state index is 12.3. The molecule has 0 fully saturated rings. The van der Waals surface area contributed by atoms with Gasteiger partial charge in [-0.25, -0.2) is 9.59 Å². The molecule has 0 heterocycles. The molecule has 0 saturated carbocycles. The third kappa shape index (κ3) is 5.84. The molecule has 1 amide bonds. The van der Waals surface area contributed by atoms with E-state index in [0.717, 1.165) is 5.56 Å². The normalized spacial score (nSPS) is 21.2. The number of hydrogen-bond acceptors (Lipinski definition) is 6. The number of esters is 1. The second-order valence-corrected chi connectivity index (χ2v) is 6.54. The van der Waals surface area contributed by atoms with Crippen molar-refractivity contribution in [2.75, 3.05) is 27.3 Å². The van der Waals surface area contributed by atoms with Gasteiger partial charge in [0.2, 0.25) is 0 Å². The monoisotopic (exact) mass is 387 g/mol. The number of methoxy groups -OCH3 is 1. The van der Waals surface area contributed by atoms with Crippen LogP contribution in [0.5, 0.6) is 0 Å². The first-order valence-corrected chi connectivity index (χ1v) is 8.90. The van der Waals surface area contributed by atoms with Crippen LogP contribution >= 0.6 is 0 Å². The van der Waals surface area contributed by atoms with Gasteiger partial charge in [-0.1, -0.05) is 36.3 Å². The first kappa shape index (κ1) is 21.5. The zero-order chi connectivity index (χ0) is 20.5. The van der Waals surface area contributed by atoms with E-state index in [0.29, 0.717) is 5.57 Å². The SMILES string of the molecule is C#CCO[C@H]1C=C(C(=O)OC)C[C@@H](CN(C)C(=O)OCc2ccccc2)[C@H]1O. The Hall–Kier alpha value is -2.82. The summed E-state index contributed by atoms with van der Waals surface area (Å²) in [5, 5.41) is 10.6. The molecule has 150 valence electrons. The van der Waals surface area contributed by atoms with Crippen LogP contribution in [0.1, 0.15) is 12.0 Å². The van der Waals surface area contributed by atoms with Crippen LogP contribution in [-0.2, 0) is 25.6 Å². The summed E-state index contributed by atoms with van der Waals surface area (Å²) in [4.78, 5) is 25.6. The zero-order valence-corrected chi connectivity index (χ0v) is 16.0. The van der Waals surface area contributed by atoms with Crippen LogP contribution in [0, 0.1) is 18.3 Å². The topological polar surface area (TPSA) is 85.3 Å². The first-order chi connectivity index (χ1) is 13.5. The van der Waals surface area contributed by atoms with Crippen molar-refractivity contribution >= 4 is 12.1 Å². The predicted octanol–water partition coefficient (Wildman–Crippen LogP) is 1.75. The third-order valence-electron chi connectivity index (χ3n) is 4.50. The van der Waals surface area contributed by atoms with Crippen LogP contribution in [0.15, 0.2) is 42.0 Å². The molecule has 0 saturated heterocycles. The second kappa shape index (κ2) is 10.5. The van der Waals surface area contributed by atoms with E-state index in [1.807, 2.05) is 30.3 Å². The number of ether oxygens (including phenoxy) is 3. The molecule has 1 N–H and O–H groups in total. The van der Waals surface area contributed by atoms with E-state index in [1.54, 1.807) is 7.05 Å². The summed E-state index contributed by atoms with van der Waals surface area (Å²) in [5.41, 5.74) is 1.26. The van der Waals surface area contributed by atoms with Crippen molar-refractivity contribution in [3.8, 4) is 12.3 Å². The quantitative estimate of drug-likeness (QED) is 0.567. The fraction of sp³-hybridized carbons (Fsp3) is 0.429. The average molecular weight is 387 g/mol. The maximum Gasteiger partial charge on any atom is 0.409 e. The highest BCUT2D eigenvalue weighted by atomic mass is 16.6. The average Bonchev–Trinajstić information content (AvgIpc) is 2.72. The van der Waals surface area contributed by atoms with Gasteiger partial charge in [-0.2, -0.15) is 0 Å². The van der Waals surface area contributed by atoms with E-state index in [-0.39, 0.29) is 26.2 Å². The molecule has 1 aromatic rings. The molecule has 0 aliphatic heterocycles. The Labute approximate surface area is 164 Å². The van der Waals surface area contributed by atoms with Gasteiger partial charge in [0.05, 0.1) is 13.2 Å². The molecule has 7 nitrogen and oxygen atoms in total. The summed E-state index contributed by atoms with van der Waals surface area (Å²) in [6.45, 7) is 0.325. The highest BCUT2D eigenvalue weighted by molar-refractivity contribution is 5.88. The van der Waals surface area contributed by atoms with Crippen LogP contribution in [0.2, 0.25) is 0 Å². The van der Waals surface area contributed by atoms with E-state index >= 15 is 0 Å². The van der Waals surface area contributed by atoms with Gasteiger partial charge in [-0.05, 0) is 18.1 Å². The Bertz CT molecular complexity index is 739. The molecule has 7 heteroatoms. The number of nitrogens with zero attached hydrogens (tertiary/aromatic N) is 1. The lowest BCUT2D eigenvalue weighted by molar-refractivity contribution is -0.137. The summed E-state index contributed by atoms with van der Waals surface area (Å²) >= 11 is 0. The van der Waals surface area contributed by atoms with E-state index in [2.05, 4.69) is 5.92 Å². The highest BCUT2D eigenvalue weighted by Crippen LogP contribution is 2.28. The number of hydrogen-bond donors (Lipinski definition) is 1. The molecular weight excluding hydrogens is 362 g/mol. The van der Waals surface area contributed by atoms with Crippen molar-refractivity contribution in [1.82, 2.24) is 4.90 Å². The van der Waals surface area contributed by atoms with Crippen molar-refractivity contribution in [2.45, 2.75) is 25.2 Å². The Morgan fingerprint density at radius 3 is 2.68 bits per heavy atom. The molecule has 0 bridgehead atoms. The van der Waals surface area contributed by atoms with Crippen LogP contribution < -0.4 is 0 Å². The molecule has 1 aliphatic carbocycles. The van der Waals surface area contributed by atoms with Crippen molar-refractivity contribution in [3.63, 3.8) is 0 Å². The van der Waals surface area contributed by atoms with Gasteiger partial charge in [-0.3, -0.25) is 0 Å². The number of carbonyl (C=O) groups excluding carboxylic acids is 2. The number of amides is 1. The lowest BCUT2D eigenvalue weighted by Gasteiger charge is -2.34. The minimum Gasteiger partial charge on any atom is -0.466 e. The van der Waals surface area contributed by atoms with Gasteiger partial charge in [0, 0.05) is 25.1 Å². The van der Waals surface area contributed by atoms with E-state index in [1.165, 1.54) is 18.1 Å². The molecule has 2 rings (SSSR count). The zero-order valence-electron chi connectivity index (χ0n) is 16.0. The van der Waals surface area contributed by atoms with Gasteiger partial charge in [0.1, 0.15) is 19.3 Å². The van der Waals surface area contributed by atoms with E-state index < -0.39 is 30.2 Å².